The first-order valence-corrected chi connectivity index (χ1v) is 9.00. The molecule has 3 rings (SSSR count). The van der Waals surface area contributed by atoms with Crippen molar-refractivity contribution in [1.82, 2.24) is 0 Å². The van der Waals surface area contributed by atoms with Crippen LogP contribution in [0, 0.1) is 0 Å². The molecule has 0 unspecified atom stereocenters. The molecule has 144 valence electrons. The summed E-state index contributed by atoms with van der Waals surface area (Å²) in [5.74, 6) is 0.101. The monoisotopic (exact) mass is 444 g/mol. The van der Waals surface area contributed by atoms with E-state index in [1.54, 1.807) is 42.5 Å². The molecule has 1 aromatic heterocycles. The Hall–Kier alpha value is -3.26. The lowest BCUT2D eigenvalue weighted by molar-refractivity contribution is 0.0993. The van der Waals surface area contributed by atoms with Gasteiger partial charge in [0.05, 0.1) is 25.6 Å². The highest BCUT2D eigenvalue weighted by atomic mass is 79.9. The second-order valence-corrected chi connectivity index (χ2v) is 6.41. The average molecular weight is 445 g/mol. The lowest BCUT2D eigenvalue weighted by atomic mass is 10.2. The lowest BCUT2D eigenvalue weighted by Gasteiger charge is -2.16. The van der Waals surface area contributed by atoms with Gasteiger partial charge >= 0.3 is 0 Å². The van der Waals surface area contributed by atoms with Crippen molar-refractivity contribution in [3.63, 3.8) is 0 Å². The Morgan fingerprint density at radius 2 is 1.43 bits per heavy atom. The highest BCUT2D eigenvalue weighted by molar-refractivity contribution is 9.10. The number of methoxy groups -OCH3 is 2. The molecule has 0 saturated carbocycles. The van der Waals surface area contributed by atoms with Crippen molar-refractivity contribution in [2.75, 3.05) is 24.9 Å². The van der Waals surface area contributed by atoms with Crippen LogP contribution in [-0.2, 0) is 0 Å². The Labute approximate surface area is 169 Å². The van der Waals surface area contributed by atoms with Gasteiger partial charge in [0.15, 0.2) is 10.4 Å². The summed E-state index contributed by atoms with van der Waals surface area (Å²) in [5.41, 5.74) is 1.28. The number of amides is 2. The first-order chi connectivity index (χ1) is 13.5. The largest absolute Gasteiger partial charge is 0.494 e. The average Bonchev–Trinajstić information content (AvgIpc) is 3.15. The standard InChI is InChI=1S/C20H17BrN2O5/c1-26-16-11-14(23-20(25)15-8-9-18(21)28-15)17(27-2)10-13(16)22-19(24)12-6-4-3-5-7-12/h3-11H,1-2H3,(H,22,24)(H,23,25). The summed E-state index contributed by atoms with van der Waals surface area (Å²) in [5, 5.41) is 5.49. The normalized spacial score (nSPS) is 10.2. The van der Waals surface area contributed by atoms with E-state index in [9.17, 15) is 9.59 Å². The van der Waals surface area contributed by atoms with E-state index in [1.165, 1.54) is 20.3 Å². The molecule has 0 bridgehead atoms. The smallest absolute Gasteiger partial charge is 0.291 e. The molecule has 0 radical (unpaired) electrons. The van der Waals surface area contributed by atoms with Gasteiger partial charge in [-0.15, -0.1) is 0 Å². The van der Waals surface area contributed by atoms with Crippen molar-refractivity contribution >= 4 is 39.1 Å². The molecule has 3 aromatic rings. The van der Waals surface area contributed by atoms with Gasteiger partial charge in [0.2, 0.25) is 0 Å². The number of carbonyl (C=O) groups excluding carboxylic acids is 2. The lowest BCUT2D eigenvalue weighted by Crippen LogP contribution is -2.14. The quantitative estimate of drug-likeness (QED) is 0.581. The third kappa shape index (κ3) is 4.34. The Morgan fingerprint density at radius 3 is 1.93 bits per heavy atom. The molecule has 0 aliphatic rings. The van der Waals surface area contributed by atoms with Crippen molar-refractivity contribution in [3.05, 3.63) is 70.6 Å². The maximum atomic E-state index is 12.4. The summed E-state index contributed by atoms with van der Waals surface area (Å²) in [7, 11) is 2.93. The zero-order valence-electron chi connectivity index (χ0n) is 15.1. The number of halogens is 1. The van der Waals surface area contributed by atoms with Crippen LogP contribution in [0.2, 0.25) is 0 Å². The van der Waals surface area contributed by atoms with Gasteiger partial charge in [0.25, 0.3) is 11.8 Å². The van der Waals surface area contributed by atoms with Crippen LogP contribution in [0.15, 0.2) is 63.7 Å². The zero-order chi connectivity index (χ0) is 20.1. The minimum atomic E-state index is -0.452. The van der Waals surface area contributed by atoms with Gasteiger partial charge in [0.1, 0.15) is 11.5 Å². The van der Waals surface area contributed by atoms with Gasteiger partial charge in [0, 0.05) is 17.7 Å². The fraction of sp³-hybridized carbons (Fsp3) is 0.100. The summed E-state index contributed by atoms with van der Waals surface area (Å²) in [6, 6.07) is 15.1. The molecule has 0 fully saturated rings. The van der Waals surface area contributed by atoms with Crippen molar-refractivity contribution in [1.29, 1.82) is 0 Å². The number of anilines is 2. The van der Waals surface area contributed by atoms with Crippen LogP contribution >= 0.6 is 15.9 Å². The predicted octanol–water partition coefficient (Wildman–Crippen LogP) is 4.56. The highest BCUT2D eigenvalue weighted by Crippen LogP contribution is 2.37. The third-order valence-electron chi connectivity index (χ3n) is 3.85. The van der Waals surface area contributed by atoms with E-state index in [0.717, 1.165) is 0 Å². The Kier molecular flexibility index (Phi) is 6.00. The number of rotatable bonds is 6. The molecule has 0 aliphatic heterocycles. The van der Waals surface area contributed by atoms with Crippen molar-refractivity contribution < 1.29 is 23.5 Å². The van der Waals surface area contributed by atoms with E-state index < -0.39 is 5.91 Å². The van der Waals surface area contributed by atoms with E-state index in [2.05, 4.69) is 26.6 Å². The number of hydrogen-bond acceptors (Lipinski definition) is 5. The number of carbonyl (C=O) groups is 2. The van der Waals surface area contributed by atoms with Gasteiger partial charge in [-0.2, -0.15) is 0 Å². The molecule has 7 nitrogen and oxygen atoms in total. The van der Waals surface area contributed by atoms with Crippen LogP contribution in [0.4, 0.5) is 11.4 Å². The second-order valence-electron chi connectivity index (χ2n) is 5.63. The first-order valence-electron chi connectivity index (χ1n) is 8.21. The van der Waals surface area contributed by atoms with Gasteiger partial charge in [-0.3, -0.25) is 9.59 Å². The Bertz CT molecular complexity index is 1000. The molecule has 2 amide bonds. The molecule has 0 aliphatic carbocycles. The molecule has 0 spiro atoms. The van der Waals surface area contributed by atoms with E-state index >= 15 is 0 Å². The number of nitrogens with one attached hydrogen (secondary N) is 2. The third-order valence-corrected chi connectivity index (χ3v) is 4.28. The molecular formula is C20H17BrN2O5. The molecule has 2 aromatic carbocycles. The molecule has 1 heterocycles. The first kappa shape index (κ1) is 19.5. The van der Waals surface area contributed by atoms with Crippen molar-refractivity contribution in [2.45, 2.75) is 0 Å². The molecule has 0 saturated heterocycles. The van der Waals surface area contributed by atoms with Crippen LogP contribution in [0.5, 0.6) is 11.5 Å². The minimum absolute atomic E-state index is 0.134. The van der Waals surface area contributed by atoms with Crippen LogP contribution in [0.3, 0.4) is 0 Å². The number of hydrogen-bond donors (Lipinski definition) is 2. The van der Waals surface area contributed by atoms with Crippen molar-refractivity contribution in [3.8, 4) is 11.5 Å². The van der Waals surface area contributed by atoms with Gasteiger partial charge in [-0.1, -0.05) is 18.2 Å². The zero-order valence-corrected chi connectivity index (χ0v) is 16.7. The number of benzene rings is 2. The summed E-state index contributed by atoms with van der Waals surface area (Å²) in [4.78, 5) is 24.8. The minimum Gasteiger partial charge on any atom is -0.494 e. The van der Waals surface area contributed by atoms with E-state index in [-0.39, 0.29) is 11.7 Å². The molecule has 0 atom stereocenters. The topological polar surface area (TPSA) is 89.8 Å². The van der Waals surface area contributed by atoms with E-state index in [0.29, 0.717) is 33.1 Å². The molecule has 2 N–H and O–H groups in total. The van der Waals surface area contributed by atoms with E-state index in [1.807, 2.05) is 6.07 Å². The molecule has 8 heteroatoms. The highest BCUT2D eigenvalue weighted by Gasteiger charge is 2.18. The maximum Gasteiger partial charge on any atom is 0.291 e. The van der Waals surface area contributed by atoms with Gasteiger partial charge in [-0.05, 0) is 40.2 Å². The maximum absolute atomic E-state index is 12.4. The summed E-state index contributed by atoms with van der Waals surface area (Å²) in [6.45, 7) is 0. The van der Waals surface area contributed by atoms with Crippen molar-refractivity contribution in [2.24, 2.45) is 0 Å². The Morgan fingerprint density at radius 1 is 0.857 bits per heavy atom. The Balaban J connectivity index is 1.87. The SMILES string of the molecule is COc1cc(NC(=O)c2ccc(Br)o2)c(OC)cc1NC(=O)c1ccccc1. The predicted molar refractivity (Wildman–Crippen MR) is 108 cm³/mol. The summed E-state index contributed by atoms with van der Waals surface area (Å²) in [6.07, 6.45) is 0. The number of furan rings is 1. The van der Waals surface area contributed by atoms with Gasteiger partial charge in [-0.25, -0.2) is 0 Å². The molecule has 28 heavy (non-hydrogen) atoms. The summed E-state index contributed by atoms with van der Waals surface area (Å²) >= 11 is 3.16. The van der Waals surface area contributed by atoms with Crippen LogP contribution in [0.25, 0.3) is 0 Å². The molecular weight excluding hydrogens is 428 g/mol. The van der Waals surface area contributed by atoms with Crippen LogP contribution in [0.1, 0.15) is 20.9 Å². The van der Waals surface area contributed by atoms with Crippen LogP contribution in [-0.4, -0.2) is 26.0 Å². The van der Waals surface area contributed by atoms with Crippen LogP contribution < -0.4 is 20.1 Å². The second kappa shape index (κ2) is 8.62. The fourth-order valence-electron chi connectivity index (χ4n) is 2.50. The fourth-order valence-corrected chi connectivity index (χ4v) is 2.80. The summed E-state index contributed by atoms with van der Waals surface area (Å²) < 4.78 is 16.4. The number of ether oxygens (including phenoxy) is 2. The van der Waals surface area contributed by atoms with E-state index in [4.69, 9.17) is 13.9 Å². The van der Waals surface area contributed by atoms with Gasteiger partial charge < -0.3 is 24.5 Å².